The molecule has 0 fully saturated rings. The maximum absolute atomic E-state index is 13.3. The Kier molecular flexibility index (Phi) is 8.51. The SMILES string of the molecule is Cc1ccc(S(=O)(=O)N(C)CC(=O)N(Cc2ccc(F)cc2)[C@@H](C)C(=O)NC(C)C)cc1. The molecule has 0 aliphatic heterocycles. The van der Waals surface area contributed by atoms with Gasteiger partial charge in [0.05, 0.1) is 11.4 Å². The molecular weight excluding hydrogens is 433 g/mol. The predicted octanol–water partition coefficient (Wildman–Crippen LogP) is 2.70. The lowest BCUT2D eigenvalue weighted by molar-refractivity contribution is -0.140. The van der Waals surface area contributed by atoms with E-state index in [1.807, 2.05) is 6.92 Å². The molecule has 0 aliphatic carbocycles. The van der Waals surface area contributed by atoms with Gasteiger partial charge in [0.1, 0.15) is 11.9 Å². The molecule has 2 amide bonds. The van der Waals surface area contributed by atoms with Crippen molar-refractivity contribution in [1.82, 2.24) is 14.5 Å². The summed E-state index contributed by atoms with van der Waals surface area (Å²) in [4.78, 5) is 27.1. The van der Waals surface area contributed by atoms with Crippen LogP contribution in [0.1, 0.15) is 31.9 Å². The van der Waals surface area contributed by atoms with Crippen LogP contribution in [0, 0.1) is 12.7 Å². The predicted molar refractivity (Wildman–Crippen MR) is 121 cm³/mol. The number of benzene rings is 2. The number of nitrogens with zero attached hydrogens (tertiary/aromatic N) is 2. The zero-order chi connectivity index (χ0) is 24.1. The second kappa shape index (κ2) is 10.7. The first-order valence-corrected chi connectivity index (χ1v) is 11.7. The van der Waals surface area contributed by atoms with E-state index in [-0.39, 0.29) is 23.4 Å². The van der Waals surface area contributed by atoms with Gasteiger partial charge in [-0.3, -0.25) is 9.59 Å². The van der Waals surface area contributed by atoms with Gasteiger partial charge in [-0.1, -0.05) is 29.8 Å². The quantitative estimate of drug-likeness (QED) is 0.620. The summed E-state index contributed by atoms with van der Waals surface area (Å²) in [5.41, 5.74) is 1.53. The van der Waals surface area contributed by atoms with Crippen molar-refractivity contribution < 1.29 is 22.4 Å². The number of likely N-dealkylation sites (N-methyl/N-ethyl adjacent to an activating group) is 1. The number of nitrogens with one attached hydrogen (secondary N) is 1. The molecule has 0 aromatic heterocycles. The Morgan fingerprint density at radius 3 is 2.09 bits per heavy atom. The van der Waals surface area contributed by atoms with E-state index in [2.05, 4.69) is 5.32 Å². The van der Waals surface area contributed by atoms with Gasteiger partial charge in [-0.2, -0.15) is 4.31 Å². The zero-order valence-corrected chi connectivity index (χ0v) is 19.8. The smallest absolute Gasteiger partial charge is 0.243 e. The molecule has 0 saturated heterocycles. The third-order valence-electron chi connectivity index (χ3n) is 4.95. The normalized spacial score (nSPS) is 12.6. The Hall–Kier alpha value is -2.78. The molecule has 1 N–H and O–H groups in total. The summed E-state index contributed by atoms with van der Waals surface area (Å²) in [6.07, 6.45) is 0. The van der Waals surface area contributed by atoms with Crippen LogP contribution in [0.4, 0.5) is 4.39 Å². The Morgan fingerprint density at radius 2 is 1.56 bits per heavy atom. The maximum atomic E-state index is 13.3. The Labute approximate surface area is 189 Å². The molecule has 0 radical (unpaired) electrons. The van der Waals surface area contributed by atoms with Crippen molar-refractivity contribution in [3.63, 3.8) is 0 Å². The van der Waals surface area contributed by atoms with Crippen LogP contribution in [0.2, 0.25) is 0 Å². The van der Waals surface area contributed by atoms with Gasteiger partial charge in [0.15, 0.2) is 0 Å². The van der Waals surface area contributed by atoms with Crippen LogP contribution >= 0.6 is 0 Å². The van der Waals surface area contributed by atoms with Crippen LogP contribution < -0.4 is 5.32 Å². The van der Waals surface area contributed by atoms with Gasteiger partial charge in [-0.05, 0) is 57.5 Å². The van der Waals surface area contributed by atoms with Gasteiger partial charge in [-0.25, -0.2) is 12.8 Å². The molecular formula is C23H30FN3O4S. The topological polar surface area (TPSA) is 86.8 Å². The van der Waals surface area contributed by atoms with Gasteiger partial charge in [0.2, 0.25) is 21.8 Å². The molecule has 2 aromatic carbocycles. The highest BCUT2D eigenvalue weighted by Gasteiger charge is 2.30. The lowest BCUT2D eigenvalue weighted by Crippen LogP contribution is -2.51. The molecule has 1 atom stereocenters. The molecule has 7 nitrogen and oxygen atoms in total. The molecule has 0 bridgehead atoms. The lowest BCUT2D eigenvalue weighted by Gasteiger charge is -2.30. The van der Waals surface area contributed by atoms with Crippen molar-refractivity contribution in [3.8, 4) is 0 Å². The number of rotatable bonds is 9. The third-order valence-corrected chi connectivity index (χ3v) is 6.77. The van der Waals surface area contributed by atoms with Crippen molar-refractivity contribution in [2.45, 2.75) is 51.2 Å². The summed E-state index contributed by atoms with van der Waals surface area (Å²) in [5.74, 6) is -1.32. The number of carbonyl (C=O) groups is 2. The van der Waals surface area contributed by atoms with Gasteiger partial charge in [-0.15, -0.1) is 0 Å². The molecule has 2 aromatic rings. The molecule has 174 valence electrons. The molecule has 2 rings (SSSR count). The Balaban J connectivity index is 2.26. The Morgan fingerprint density at radius 1 is 1.00 bits per heavy atom. The standard InChI is InChI=1S/C23H30FN3O4S/c1-16(2)25-23(29)18(4)27(14-19-8-10-20(24)11-9-19)22(28)15-26(5)32(30,31)21-12-6-17(3)7-13-21/h6-13,16,18H,14-15H2,1-5H3,(H,25,29)/t18-/m0/s1. The highest BCUT2D eigenvalue weighted by molar-refractivity contribution is 7.89. The van der Waals surface area contributed by atoms with Crippen LogP contribution in [0.5, 0.6) is 0 Å². The number of sulfonamides is 1. The number of hydrogen-bond acceptors (Lipinski definition) is 4. The summed E-state index contributed by atoms with van der Waals surface area (Å²) >= 11 is 0. The van der Waals surface area contributed by atoms with Crippen molar-refractivity contribution in [2.75, 3.05) is 13.6 Å². The average molecular weight is 464 g/mol. The molecule has 9 heteroatoms. The molecule has 0 aliphatic rings. The van der Waals surface area contributed by atoms with E-state index >= 15 is 0 Å². The average Bonchev–Trinajstić information content (AvgIpc) is 2.72. The van der Waals surface area contributed by atoms with E-state index in [9.17, 15) is 22.4 Å². The maximum Gasteiger partial charge on any atom is 0.243 e. The van der Waals surface area contributed by atoms with Crippen molar-refractivity contribution >= 4 is 21.8 Å². The second-order valence-corrected chi connectivity index (χ2v) is 10.1. The second-order valence-electron chi connectivity index (χ2n) is 8.06. The fraction of sp³-hybridized carbons (Fsp3) is 0.391. The molecule has 32 heavy (non-hydrogen) atoms. The van der Waals surface area contributed by atoms with Crippen LogP contribution in [-0.2, 0) is 26.2 Å². The fourth-order valence-corrected chi connectivity index (χ4v) is 4.15. The number of aryl methyl sites for hydroxylation is 1. The monoisotopic (exact) mass is 463 g/mol. The number of hydrogen-bond donors (Lipinski definition) is 1. The highest BCUT2D eigenvalue weighted by Crippen LogP contribution is 2.17. The van der Waals surface area contributed by atoms with Crippen molar-refractivity contribution in [2.24, 2.45) is 0 Å². The fourth-order valence-electron chi connectivity index (χ4n) is 3.03. The first-order chi connectivity index (χ1) is 14.9. The summed E-state index contributed by atoms with van der Waals surface area (Å²) in [7, 11) is -2.57. The van der Waals surface area contributed by atoms with Crippen LogP contribution in [-0.4, -0.2) is 55.1 Å². The highest BCUT2D eigenvalue weighted by atomic mass is 32.2. The first kappa shape index (κ1) is 25.5. The first-order valence-electron chi connectivity index (χ1n) is 10.3. The summed E-state index contributed by atoms with van der Waals surface area (Å²) in [6.45, 7) is 6.62. The van der Waals surface area contributed by atoms with E-state index in [0.717, 1.165) is 9.87 Å². The van der Waals surface area contributed by atoms with E-state index < -0.39 is 34.3 Å². The van der Waals surface area contributed by atoms with Gasteiger partial charge in [0, 0.05) is 19.6 Å². The van der Waals surface area contributed by atoms with E-state index in [4.69, 9.17) is 0 Å². The van der Waals surface area contributed by atoms with Crippen molar-refractivity contribution in [3.05, 3.63) is 65.5 Å². The Bertz CT molecular complexity index is 1040. The summed E-state index contributed by atoms with van der Waals surface area (Å²) < 4.78 is 40.0. The molecule has 0 saturated carbocycles. The summed E-state index contributed by atoms with van der Waals surface area (Å²) in [6, 6.07) is 10.9. The molecule has 0 unspecified atom stereocenters. The largest absolute Gasteiger partial charge is 0.352 e. The van der Waals surface area contributed by atoms with E-state index in [1.165, 1.54) is 48.3 Å². The number of halogens is 1. The number of amides is 2. The molecule has 0 heterocycles. The molecule has 0 spiro atoms. The summed E-state index contributed by atoms with van der Waals surface area (Å²) in [5, 5.41) is 2.76. The van der Waals surface area contributed by atoms with Crippen LogP contribution in [0.3, 0.4) is 0 Å². The van der Waals surface area contributed by atoms with Gasteiger partial charge >= 0.3 is 0 Å². The van der Waals surface area contributed by atoms with Crippen LogP contribution in [0.15, 0.2) is 53.4 Å². The lowest BCUT2D eigenvalue weighted by atomic mass is 10.1. The minimum atomic E-state index is -3.89. The number of carbonyl (C=O) groups excluding carboxylic acids is 2. The van der Waals surface area contributed by atoms with Crippen LogP contribution in [0.25, 0.3) is 0 Å². The third kappa shape index (κ3) is 6.61. The van der Waals surface area contributed by atoms with E-state index in [0.29, 0.717) is 5.56 Å². The minimum Gasteiger partial charge on any atom is -0.352 e. The van der Waals surface area contributed by atoms with E-state index in [1.54, 1.807) is 32.9 Å². The van der Waals surface area contributed by atoms with Gasteiger partial charge < -0.3 is 10.2 Å². The van der Waals surface area contributed by atoms with Gasteiger partial charge in [0.25, 0.3) is 0 Å². The minimum absolute atomic E-state index is 0.0320. The van der Waals surface area contributed by atoms with Crippen molar-refractivity contribution in [1.29, 1.82) is 0 Å². The zero-order valence-electron chi connectivity index (χ0n) is 19.0.